The van der Waals surface area contributed by atoms with Crippen molar-refractivity contribution in [1.82, 2.24) is 20.3 Å². The highest BCUT2D eigenvalue weighted by molar-refractivity contribution is 5.91. The second-order valence-corrected chi connectivity index (χ2v) is 4.69. The van der Waals surface area contributed by atoms with Gasteiger partial charge in [-0.25, -0.2) is 9.97 Å². The molecule has 2 aromatic rings. The highest BCUT2D eigenvalue weighted by Crippen LogP contribution is 2.16. The van der Waals surface area contributed by atoms with Crippen LogP contribution in [0.25, 0.3) is 0 Å². The van der Waals surface area contributed by atoms with Crippen molar-refractivity contribution in [2.24, 2.45) is 0 Å². The predicted octanol–water partition coefficient (Wildman–Crippen LogP) is 0.863. The van der Waals surface area contributed by atoms with E-state index < -0.39 is 0 Å². The smallest absolute Gasteiger partial charge is 0.288 e. The molecule has 3 heterocycles. The van der Waals surface area contributed by atoms with E-state index in [1.807, 2.05) is 0 Å². The Morgan fingerprint density at radius 1 is 1.35 bits per heavy atom. The van der Waals surface area contributed by atoms with Gasteiger partial charge in [0.05, 0.1) is 12.4 Å². The first kappa shape index (κ1) is 12.6. The van der Waals surface area contributed by atoms with Crippen molar-refractivity contribution < 1.29 is 9.21 Å². The Morgan fingerprint density at radius 2 is 2.30 bits per heavy atom. The number of hydrogen-bond acceptors (Lipinski definition) is 6. The number of carbonyl (C=O) groups is 1. The molecule has 7 heteroatoms. The molecule has 1 aliphatic rings. The van der Waals surface area contributed by atoms with Gasteiger partial charge in [0.25, 0.3) is 5.91 Å². The number of aromatic nitrogens is 3. The second kappa shape index (κ2) is 5.68. The molecule has 1 unspecified atom stereocenters. The molecule has 0 radical (unpaired) electrons. The van der Waals surface area contributed by atoms with Gasteiger partial charge >= 0.3 is 0 Å². The van der Waals surface area contributed by atoms with Gasteiger partial charge < -0.3 is 14.6 Å². The van der Waals surface area contributed by atoms with Gasteiger partial charge in [0.2, 0.25) is 5.76 Å². The molecule has 0 saturated carbocycles. The van der Waals surface area contributed by atoms with Crippen LogP contribution in [0.5, 0.6) is 0 Å². The zero-order chi connectivity index (χ0) is 13.8. The number of piperidine rings is 1. The van der Waals surface area contributed by atoms with Crippen molar-refractivity contribution in [2.45, 2.75) is 18.9 Å². The molecule has 0 aromatic carbocycles. The molecular formula is C13H15N5O2. The van der Waals surface area contributed by atoms with E-state index in [-0.39, 0.29) is 17.7 Å². The van der Waals surface area contributed by atoms with E-state index in [1.165, 1.54) is 12.6 Å². The lowest BCUT2D eigenvalue weighted by Gasteiger charge is -2.33. The molecule has 2 aromatic heterocycles. The van der Waals surface area contributed by atoms with Crippen LogP contribution in [0.1, 0.15) is 23.4 Å². The van der Waals surface area contributed by atoms with Crippen LogP contribution < -0.4 is 10.2 Å². The van der Waals surface area contributed by atoms with Gasteiger partial charge in [-0.1, -0.05) is 0 Å². The number of carbonyl (C=O) groups excluding carboxylic acids is 1. The van der Waals surface area contributed by atoms with Crippen LogP contribution in [0.3, 0.4) is 0 Å². The summed E-state index contributed by atoms with van der Waals surface area (Å²) in [6.07, 6.45) is 9.66. The van der Waals surface area contributed by atoms with Gasteiger partial charge in [-0.15, -0.1) is 0 Å². The van der Waals surface area contributed by atoms with E-state index >= 15 is 0 Å². The summed E-state index contributed by atoms with van der Waals surface area (Å²) in [6.45, 7) is 1.64. The summed E-state index contributed by atoms with van der Waals surface area (Å²) in [7, 11) is 0. The van der Waals surface area contributed by atoms with Gasteiger partial charge in [0.1, 0.15) is 5.82 Å². The molecule has 0 spiro atoms. The second-order valence-electron chi connectivity index (χ2n) is 4.69. The third kappa shape index (κ3) is 2.76. The molecular weight excluding hydrogens is 258 g/mol. The van der Waals surface area contributed by atoms with E-state index in [1.54, 1.807) is 18.6 Å². The highest BCUT2D eigenvalue weighted by atomic mass is 16.3. The molecule has 0 bridgehead atoms. The maximum absolute atomic E-state index is 11.9. The zero-order valence-corrected chi connectivity index (χ0v) is 10.9. The summed E-state index contributed by atoms with van der Waals surface area (Å²) < 4.78 is 4.99. The van der Waals surface area contributed by atoms with Gasteiger partial charge in [0, 0.05) is 31.5 Å². The van der Waals surface area contributed by atoms with Crippen molar-refractivity contribution in [3.05, 3.63) is 36.9 Å². The molecule has 1 aliphatic heterocycles. The minimum Gasteiger partial charge on any atom is -0.438 e. The zero-order valence-electron chi connectivity index (χ0n) is 10.9. The van der Waals surface area contributed by atoms with Crippen molar-refractivity contribution in [1.29, 1.82) is 0 Å². The Balaban J connectivity index is 1.62. The van der Waals surface area contributed by atoms with Crippen molar-refractivity contribution in [2.75, 3.05) is 18.0 Å². The van der Waals surface area contributed by atoms with Gasteiger partial charge in [-0.3, -0.25) is 9.78 Å². The normalized spacial score (nSPS) is 18.8. The Morgan fingerprint density at radius 3 is 3.05 bits per heavy atom. The Bertz CT molecular complexity index is 557. The lowest BCUT2D eigenvalue weighted by molar-refractivity contribution is 0.0905. The summed E-state index contributed by atoms with van der Waals surface area (Å²) in [4.78, 5) is 26.2. The maximum atomic E-state index is 11.9. The van der Waals surface area contributed by atoms with Crippen LogP contribution in [-0.4, -0.2) is 40.0 Å². The lowest BCUT2D eigenvalue weighted by atomic mass is 10.1. The number of hydrogen-bond donors (Lipinski definition) is 1. The molecule has 1 atom stereocenters. The van der Waals surface area contributed by atoms with Gasteiger partial charge in [-0.2, -0.15) is 0 Å². The molecule has 1 saturated heterocycles. The topological polar surface area (TPSA) is 84.2 Å². The molecule has 1 fully saturated rings. The fourth-order valence-electron chi connectivity index (χ4n) is 2.34. The van der Waals surface area contributed by atoms with Crippen LogP contribution in [0.2, 0.25) is 0 Å². The van der Waals surface area contributed by atoms with Crippen molar-refractivity contribution in [3.8, 4) is 0 Å². The third-order valence-corrected chi connectivity index (χ3v) is 3.29. The summed E-state index contributed by atoms with van der Waals surface area (Å²) in [5.74, 6) is 0.848. The van der Waals surface area contributed by atoms with Crippen LogP contribution in [0.15, 0.2) is 35.6 Å². The molecule has 0 aliphatic carbocycles. The van der Waals surface area contributed by atoms with Crippen LogP contribution in [0.4, 0.5) is 5.82 Å². The van der Waals surface area contributed by atoms with E-state index in [0.717, 1.165) is 31.7 Å². The summed E-state index contributed by atoms with van der Waals surface area (Å²) in [5.41, 5.74) is 0. The molecule has 1 N–H and O–H groups in total. The van der Waals surface area contributed by atoms with E-state index in [9.17, 15) is 4.79 Å². The van der Waals surface area contributed by atoms with E-state index in [2.05, 4.69) is 25.2 Å². The number of oxazole rings is 1. The quantitative estimate of drug-likeness (QED) is 0.893. The predicted molar refractivity (Wildman–Crippen MR) is 71.2 cm³/mol. The van der Waals surface area contributed by atoms with Crippen LogP contribution in [-0.2, 0) is 0 Å². The maximum Gasteiger partial charge on any atom is 0.288 e. The standard InChI is InChI=1S/C13H15N5O2/c19-13(11-6-15-9-20-11)17-10-2-1-5-18(8-10)12-7-14-3-4-16-12/h3-4,6-7,9-10H,1-2,5,8H2,(H,17,19). The van der Waals surface area contributed by atoms with Crippen molar-refractivity contribution >= 4 is 11.7 Å². The fourth-order valence-corrected chi connectivity index (χ4v) is 2.34. The minimum atomic E-state index is -0.228. The fraction of sp³-hybridized carbons (Fsp3) is 0.385. The first-order valence-corrected chi connectivity index (χ1v) is 6.53. The van der Waals surface area contributed by atoms with Gasteiger partial charge in [0.15, 0.2) is 6.39 Å². The van der Waals surface area contributed by atoms with E-state index in [0.29, 0.717) is 0 Å². The Hall–Kier alpha value is -2.44. The largest absolute Gasteiger partial charge is 0.438 e. The lowest BCUT2D eigenvalue weighted by Crippen LogP contribution is -2.48. The number of rotatable bonds is 3. The summed E-state index contributed by atoms with van der Waals surface area (Å²) >= 11 is 0. The molecule has 20 heavy (non-hydrogen) atoms. The summed E-state index contributed by atoms with van der Waals surface area (Å²) in [6, 6.07) is 0.0726. The van der Waals surface area contributed by atoms with Crippen molar-refractivity contribution in [3.63, 3.8) is 0 Å². The molecule has 3 rings (SSSR count). The highest BCUT2D eigenvalue weighted by Gasteiger charge is 2.23. The number of amides is 1. The Kier molecular flexibility index (Phi) is 3.58. The average Bonchev–Trinajstić information content (AvgIpc) is 3.03. The minimum absolute atomic E-state index is 0.0726. The average molecular weight is 273 g/mol. The number of nitrogens with zero attached hydrogens (tertiary/aromatic N) is 4. The van der Waals surface area contributed by atoms with E-state index in [4.69, 9.17) is 4.42 Å². The van der Waals surface area contributed by atoms with Crippen LogP contribution in [0, 0.1) is 0 Å². The monoisotopic (exact) mass is 273 g/mol. The number of nitrogens with one attached hydrogen (secondary N) is 1. The van der Waals surface area contributed by atoms with Crippen LogP contribution >= 0.6 is 0 Å². The third-order valence-electron chi connectivity index (χ3n) is 3.29. The first-order valence-electron chi connectivity index (χ1n) is 6.53. The molecule has 7 nitrogen and oxygen atoms in total. The Labute approximate surface area is 116 Å². The SMILES string of the molecule is O=C(NC1CCCN(c2cnccn2)C1)c1cnco1. The summed E-state index contributed by atoms with van der Waals surface area (Å²) in [5, 5.41) is 2.96. The van der Waals surface area contributed by atoms with Gasteiger partial charge in [-0.05, 0) is 12.8 Å². The molecule has 1 amide bonds. The number of anilines is 1. The molecule has 104 valence electrons. The first-order chi connectivity index (χ1) is 9.83.